The van der Waals surface area contributed by atoms with E-state index >= 15 is 0 Å². The topological polar surface area (TPSA) is 67.2 Å². The number of ether oxygens (including phenoxy) is 1. The average Bonchev–Trinajstić information content (AvgIpc) is 2.48. The van der Waals surface area contributed by atoms with Crippen LogP contribution in [0.2, 0.25) is 0 Å². The van der Waals surface area contributed by atoms with Gasteiger partial charge in [0.2, 0.25) is 0 Å². The van der Waals surface area contributed by atoms with Crippen molar-refractivity contribution in [2.45, 2.75) is 31.6 Å². The third-order valence-electron chi connectivity index (χ3n) is 4.04. The molecule has 104 valence electrons. The summed E-state index contributed by atoms with van der Waals surface area (Å²) in [7, 11) is 1.27. The normalized spacial score (nSPS) is 25.9. The molecule has 1 saturated carbocycles. The molecule has 20 heavy (non-hydrogen) atoms. The predicted octanol–water partition coefficient (Wildman–Crippen LogP) is 2.30. The lowest BCUT2D eigenvalue weighted by Gasteiger charge is -2.34. The zero-order valence-electron chi connectivity index (χ0n) is 11.7. The Morgan fingerprint density at radius 2 is 2.05 bits per heavy atom. The van der Waals surface area contributed by atoms with Gasteiger partial charge in [0.1, 0.15) is 11.7 Å². The number of benzene rings is 1. The average molecular weight is 271 g/mol. The van der Waals surface area contributed by atoms with Crippen LogP contribution >= 0.6 is 0 Å². The molecule has 4 heteroatoms. The highest BCUT2D eigenvalue weighted by Gasteiger charge is 2.45. The van der Waals surface area contributed by atoms with E-state index in [2.05, 4.69) is 10.8 Å². The van der Waals surface area contributed by atoms with Crippen LogP contribution in [-0.4, -0.2) is 18.9 Å². The smallest absolute Gasteiger partial charge is 0.316 e. The summed E-state index contributed by atoms with van der Waals surface area (Å²) in [5.74, 6) is -1.49. The van der Waals surface area contributed by atoms with E-state index in [9.17, 15) is 14.9 Å². The van der Waals surface area contributed by atoms with Gasteiger partial charge in [-0.05, 0) is 25.3 Å². The van der Waals surface area contributed by atoms with Crippen molar-refractivity contribution in [1.29, 1.82) is 5.26 Å². The van der Waals surface area contributed by atoms with Gasteiger partial charge in [0.05, 0.1) is 18.6 Å². The summed E-state index contributed by atoms with van der Waals surface area (Å²) in [5.41, 5.74) is 1.20. The fraction of sp³-hybridized carbons (Fsp3) is 0.438. The Morgan fingerprint density at radius 3 is 2.60 bits per heavy atom. The Labute approximate surface area is 118 Å². The van der Waals surface area contributed by atoms with Crippen molar-refractivity contribution in [2.75, 3.05) is 7.11 Å². The zero-order valence-corrected chi connectivity index (χ0v) is 11.7. The molecule has 0 aliphatic heterocycles. The highest BCUT2D eigenvalue weighted by Crippen LogP contribution is 2.40. The van der Waals surface area contributed by atoms with Crippen molar-refractivity contribution in [3.8, 4) is 6.07 Å². The Morgan fingerprint density at radius 1 is 1.40 bits per heavy atom. The summed E-state index contributed by atoms with van der Waals surface area (Å²) in [6.45, 7) is 1.98. The van der Waals surface area contributed by atoms with E-state index in [4.69, 9.17) is 0 Å². The van der Waals surface area contributed by atoms with E-state index < -0.39 is 17.3 Å². The number of Topliss-reactive ketones (excluding diaryl/α,β-unsaturated/α-hetero) is 1. The second kappa shape index (κ2) is 5.46. The van der Waals surface area contributed by atoms with Crippen LogP contribution in [0.15, 0.2) is 24.3 Å². The second-order valence-electron chi connectivity index (χ2n) is 5.31. The lowest BCUT2D eigenvalue weighted by molar-refractivity contribution is -0.151. The first-order chi connectivity index (χ1) is 9.52. The molecule has 0 saturated heterocycles. The van der Waals surface area contributed by atoms with Gasteiger partial charge in [-0.2, -0.15) is 5.26 Å². The molecule has 1 aliphatic rings. The van der Waals surface area contributed by atoms with Gasteiger partial charge >= 0.3 is 5.97 Å². The van der Waals surface area contributed by atoms with Crippen molar-refractivity contribution in [1.82, 2.24) is 0 Å². The lowest BCUT2D eigenvalue weighted by atomic mass is 9.66. The van der Waals surface area contributed by atoms with Crippen LogP contribution in [0.1, 0.15) is 30.4 Å². The molecular formula is C16H17NO3. The minimum Gasteiger partial charge on any atom is -0.468 e. The van der Waals surface area contributed by atoms with Gasteiger partial charge in [-0.25, -0.2) is 0 Å². The van der Waals surface area contributed by atoms with E-state index in [0.29, 0.717) is 6.42 Å². The molecule has 4 nitrogen and oxygen atoms in total. The molecule has 0 radical (unpaired) electrons. The third kappa shape index (κ3) is 2.44. The molecule has 2 atom stereocenters. The number of esters is 1. The van der Waals surface area contributed by atoms with Gasteiger partial charge in [0.15, 0.2) is 0 Å². The van der Waals surface area contributed by atoms with E-state index in [1.165, 1.54) is 7.11 Å². The molecule has 1 fully saturated rings. The minimum atomic E-state index is -0.824. The summed E-state index contributed by atoms with van der Waals surface area (Å²) in [4.78, 5) is 23.6. The van der Waals surface area contributed by atoms with Gasteiger partial charge in [0, 0.05) is 6.42 Å². The Bertz CT molecular complexity index is 562. The molecule has 0 aromatic heterocycles. The monoisotopic (exact) mass is 271 g/mol. The molecule has 0 bridgehead atoms. The van der Waals surface area contributed by atoms with Gasteiger partial charge in [0.25, 0.3) is 0 Å². The van der Waals surface area contributed by atoms with Crippen molar-refractivity contribution < 1.29 is 14.3 Å². The maximum atomic E-state index is 11.9. The number of hydrogen-bond acceptors (Lipinski definition) is 4. The first kappa shape index (κ1) is 14.3. The first-order valence-electron chi connectivity index (χ1n) is 6.61. The highest BCUT2D eigenvalue weighted by atomic mass is 16.5. The zero-order chi connectivity index (χ0) is 14.8. The quantitative estimate of drug-likeness (QED) is 0.611. The van der Waals surface area contributed by atoms with Crippen LogP contribution in [0.5, 0.6) is 0 Å². The number of carbonyl (C=O) groups is 2. The Balaban J connectivity index is 2.36. The van der Waals surface area contributed by atoms with E-state index in [1.807, 2.05) is 31.2 Å². The molecule has 0 unspecified atom stereocenters. The highest BCUT2D eigenvalue weighted by molar-refractivity contribution is 6.00. The van der Waals surface area contributed by atoms with Gasteiger partial charge < -0.3 is 4.74 Å². The van der Waals surface area contributed by atoms with Gasteiger partial charge in [-0.3, -0.25) is 9.59 Å². The predicted molar refractivity (Wildman–Crippen MR) is 72.8 cm³/mol. The molecular weight excluding hydrogens is 254 g/mol. The number of nitrogens with zero attached hydrogens (tertiary/aromatic N) is 1. The van der Waals surface area contributed by atoms with Crippen LogP contribution in [0, 0.1) is 24.2 Å². The summed E-state index contributed by atoms with van der Waals surface area (Å²) >= 11 is 0. The SMILES string of the molecule is COC(=O)[C@H]1C[C@@](C#N)(c2ccc(C)cc2)CCC1=O. The third-order valence-corrected chi connectivity index (χ3v) is 4.04. The number of carbonyl (C=O) groups excluding carboxylic acids is 2. The number of aryl methyl sites for hydroxylation is 1. The Hall–Kier alpha value is -2.15. The molecule has 0 spiro atoms. The van der Waals surface area contributed by atoms with E-state index in [1.54, 1.807) is 0 Å². The fourth-order valence-corrected chi connectivity index (χ4v) is 2.73. The van der Waals surface area contributed by atoms with E-state index in [-0.39, 0.29) is 18.6 Å². The van der Waals surface area contributed by atoms with Crippen molar-refractivity contribution >= 4 is 11.8 Å². The van der Waals surface area contributed by atoms with Crippen molar-refractivity contribution in [3.05, 3.63) is 35.4 Å². The summed E-state index contributed by atoms with van der Waals surface area (Å²) in [6, 6.07) is 10.0. The van der Waals surface area contributed by atoms with Crippen LogP contribution in [-0.2, 0) is 19.7 Å². The number of nitriles is 1. The fourth-order valence-electron chi connectivity index (χ4n) is 2.73. The lowest BCUT2D eigenvalue weighted by Crippen LogP contribution is -2.40. The van der Waals surface area contributed by atoms with Crippen molar-refractivity contribution in [2.24, 2.45) is 5.92 Å². The number of rotatable bonds is 2. The standard InChI is InChI=1S/C16H17NO3/c1-11-3-5-12(6-4-11)16(10-17)8-7-14(18)13(9-16)15(19)20-2/h3-6,13H,7-9H2,1-2H3/t13-,16-/m0/s1. The van der Waals surface area contributed by atoms with Crippen LogP contribution < -0.4 is 0 Å². The molecule has 0 N–H and O–H groups in total. The number of ketones is 1. The van der Waals surface area contributed by atoms with Crippen molar-refractivity contribution in [3.63, 3.8) is 0 Å². The number of hydrogen-bond donors (Lipinski definition) is 0. The maximum absolute atomic E-state index is 11.9. The van der Waals surface area contributed by atoms with Crippen LogP contribution in [0.3, 0.4) is 0 Å². The summed E-state index contributed by atoms with van der Waals surface area (Å²) in [5, 5.41) is 9.61. The summed E-state index contributed by atoms with van der Waals surface area (Å²) in [6.07, 6.45) is 0.901. The van der Waals surface area contributed by atoms with Gasteiger partial charge in [-0.15, -0.1) is 0 Å². The molecule has 1 aromatic rings. The van der Waals surface area contributed by atoms with Gasteiger partial charge in [-0.1, -0.05) is 29.8 Å². The molecule has 0 heterocycles. The molecule has 1 aromatic carbocycles. The van der Waals surface area contributed by atoms with Crippen LogP contribution in [0.25, 0.3) is 0 Å². The maximum Gasteiger partial charge on any atom is 0.316 e. The number of methoxy groups -OCH3 is 1. The largest absolute Gasteiger partial charge is 0.468 e. The molecule has 0 amide bonds. The Kier molecular flexibility index (Phi) is 3.89. The molecule has 1 aliphatic carbocycles. The summed E-state index contributed by atoms with van der Waals surface area (Å²) < 4.78 is 4.68. The second-order valence-corrected chi connectivity index (χ2v) is 5.31. The van der Waals surface area contributed by atoms with E-state index in [0.717, 1.165) is 11.1 Å². The van der Waals surface area contributed by atoms with Crippen LogP contribution in [0.4, 0.5) is 0 Å². The molecule has 2 rings (SSSR count). The minimum absolute atomic E-state index is 0.130. The first-order valence-corrected chi connectivity index (χ1v) is 6.61.